The minimum absolute atomic E-state index is 0.0325. The first kappa shape index (κ1) is 34.5. The Morgan fingerprint density at radius 3 is 2.24 bits per heavy atom. The highest BCUT2D eigenvalue weighted by Crippen LogP contribution is 2.35. The summed E-state index contributed by atoms with van der Waals surface area (Å²) in [6.07, 6.45) is 1.68. The first-order valence-corrected chi connectivity index (χ1v) is 16.7. The monoisotopic (exact) mass is 665 g/mol. The zero-order valence-corrected chi connectivity index (χ0v) is 27.3. The van der Waals surface area contributed by atoms with E-state index in [-0.39, 0.29) is 39.9 Å². The third-order valence-corrected chi connectivity index (χ3v) is 9.43. The molecule has 1 N–H and O–H groups in total. The molecule has 0 bridgehead atoms. The number of hydrogen-bond acceptors (Lipinski definition) is 5. The van der Waals surface area contributed by atoms with Crippen molar-refractivity contribution in [1.82, 2.24) is 10.2 Å². The molecule has 0 saturated carbocycles. The third kappa shape index (κ3) is 8.64. The lowest BCUT2D eigenvalue weighted by atomic mass is 10.0. The van der Waals surface area contributed by atoms with Gasteiger partial charge >= 0.3 is 0 Å². The molecule has 0 saturated heterocycles. The number of amides is 2. The number of rotatable bonds is 15. The topological polar surface area (TPSA) is 96.0 Å². The van der Waals surface area contributed by atoms with E-state index >= 15 is 4.39 Å². The molecular formula is C35H37ClFN3O5S. The molecule has 0 aliphatic rings. The number of halogens is 2. The minimum Gasteiger partial charge on any atom is -0.495 e. The summed E-state index contributed by atoms with van der Waals surface area (Å²) < 4.78 is 49.8. The van der Waals surface area contributed by atoms with Gasteiger partial charge in [-0.3, -0.25) is 13.9 Å². The van der Waals surface area contributed by atoms with Gasteiger partial charge in [0.15, 0.2) is 0 Å². The summed E-state index contributed by atoms with van der Waals surface area (Å²) in [6.45, 7) is 1.37. The lowest BCUT2D eigenvalue weighted by Gasteiger charge is -2.34. The first-order chi connectivity index (χ1) is 22.1. The number of hydrogen-bond donors (Lipinski definition) is 1. The predicted molar refractivity (Wildman–Crippen MR) is 178 cm³/mol. The zero-order chi connectivity index (χ0) is 33.1. The number of carbonyl (C=O) groups excluding carboxylic acids is 2. The molecule has 0 fully saturated rings. The standard InChI is InChI=1S/C35H37ClFN3O5S/c1-3-4-21-38-35(42)32(22-26-13-7-5-8-14-26)39(24-27-15-11-12-18-30(27)37)34(41)25-40(31-23-28(36)19-20-33(31)45-2)46(43,44)29-16-9-6-10-17-29/h5-20,23,32H,3-4,21-22,24-25H2,1-2H3,(H,38,42). The van der Waals surface area contributed by atoms with E-state index in [4.69, 9.17) is 16.3 Å². The molecule has 1 unspecified atom stereocenters. The minimum atomic E-state index is -4.36. The van der Waals surface area contributed by atoms with Crippen molar-refractivity contribution >= 4 is 39.1 Å². The van der Waals surface area contributed by atoms with Crippen molar-refractivity contribution < 1.29 is 27.1 Å². The van der Waals surface area contributed by atoms with E-state index in [2.05, 4.69) is 5.32 Å². The molecule has 0 aromatic heterocycles. The fraction of sp³-hybridized carbons (Fsp3) is 0.257. The molecule has 11 heteroatoms. The molecule has 4 aromatic rings. The van der Waals surface area contributed by atoms with E-state index in [9.17, 15) is 18.0 Å². The summed E-state index contributed by atoms with van der Waals surface area (Å²) in [4.78, 5) is 29.5. The summed E-state index contributed by atoms with van der Waals surface area (Å²) >= 11 is 6.31. The summed E-state index contributed by atoms with van der Waals surface area (Å²) in [5, 5.41) is 3.13. The van der Waals surface area contributed by atoms with Gasteiger partial charge in [0.1, 0.15) is 24.2 Å². The Morgan fingerprint density at radius 2 is 1.59 bits per heavy atom. The van der Waals surface area contributed by atoms with Crippen LogP contribution in [0, 0.1) is 5.82 Å². The number of benzene rings is 4. The second-order valence-corrected chi connectivity index (χ2v) is 12.9. The molecule has 4 rings (SSSR count). The van der Waals surface area contributed by atoms with Crippen molar-refractivity contribution in [1.29, 1.82) is 0 Å². The summed E-state index contributed by atoms with van der Waals surface area (Å²) in [5.41, 5.74) is 0.980. The van der Waals surface area contributed by atoms with Gasteiger partial charge in [0.2, 0.25) is 11.8 Å². The van der Waals surface area contributed by atoms with Gasteiger partial charge in [-0.05, 0) is 48.4 Å². The summed E-state index contributed by atoms with van der Waals surface area (Å²) in [7, 11) is -2.99. The smallest absolute Gasteiger partial charge is 0.264 e. The number of nitrogens with zero attached hydrogens (tertiary/aromatic N) is 2. The van der Waals surface area contributed by atoms with Crippen LogP contribution in [-0.4, -0.2) is 51.4 Å². The quantitative estimate of drug-likeness (QED) is 0.152. The van der Waals surface area contributed by atoms with Crippen LogP contribution < -0.4 is 14.4 Å². The average molecular weight is 666 g/mol. The summed E-state index contributed by atoms with van der Waals surface area (Å²) in [6, 6.07) is 26.1. The Balaban J connectivity index is 1.84. The Bertz CT molecular complexity index is 1720. The van der Waals surface area contributed by atoms with E-state index in [1.807, 2.05) is 37.3 Å². The summed E-state index contributed by atoms with van der Waals surface area (Å²) in [5.74, 6) is -1.55. The molecule has 0 spiro atoms. The number of methoxy groups -OCH3 is 1. The van der Waals surface area contributed by atoms with E-state index in [1.165, 1.54) is 54.5 Å². The van der Waals surface area contributed by atoms with E-state index in [1.54, 1.807) is 30.3 Å². The van der Waals surface area contributed by atoms with Gasteiger partial charge < -0.3 is 15.0 Å². The molecule has 46 heavy (non-hydrogen) atoms. The van der Waals surface area contributed by atoms with Crippen molar-refractivity contribution in [3.8, 4) is 5.75 Å². The van der Waals surface area contributed by atoms with E-state index < -0.39 is 40.2 Å². The highest BCUT2D eigenvalue weighted by atomic mass is 35.5. The molecule has 1 atom stereocenters. The van der Waals surface area contributed by atoms with Crippen LogP contribution in [0.2, 0.25) is 5.02 Å². The molecule has 0 aliphatic carbocycles. The third-order valence-electron chi connectivity index (χ3n) is 7.42. The number of nitrogens with one attached hydrogen (secondary N) is 1. The highest BCUT2D eigenvalue weighted by molar-refractivity contribution is 7.92. The molecule has 8 nitrogen and oxygen atoms in total. The molecular weight excluding hydrogens is 629 g/mol. The molecule has 0 radical (unpaired) electrons. The zero-order valence-electron chi connectivity index (χ0n) is 25.7. The van der Waals surface area contributed by atoms with Gasteiger partial charge in [0.25, 0.3) is 10.0 Å². The number of ether oxygens (including phenoxy) is 1. The van der Waals surface area contributed by atoms with Gasteiger partial charge in [-0.1, -0.05) is 91.7 Å². The number of sulfonamides is 1. The molecule has 0 heterocycles. The van der Waals surface area contributed by atoms with Gasteiger partial charge in [-0.2, -0.15) is 0 Å². The van der Waals surface area contributed by atoms with Crippen LogP contribution >= 0.6 is 11.6 Å². The van der Waals surface area contributed by atoms with Crippen molar-refractivity contribution in [2.24, 2.45) is 0 Å². The first-order valence-electron chi connectivity index (χ1n) is 14.9. The van der Waals surface area contributed by atoms with Crippen LogP contribution in [0.3, 0.4) is 0 Å². The normalized spacial score (nSPS) is 11.8. The van der Waals surface area contributed by atoms with Crippen LogP contribution in [0.15, 0.2) is 108 Å². The van der Waals surface area contributed by atoms with Gasteiger partial charge in [-0.25, -0.2) is 12.8 Å². The Labute approximate surface area is 274 Å². The van der Waals surface area contributed by atoms with Crippen molar-refractivity contribution in [2.75, 3.05) is 24.5 Å². The van der Waals surface area contributed by atoms with Crippen LogP contribution in [0.1, 0.15) is 30.9 Å². The van der Waals surface area contributed by atoms with E-state index in [0.29, 0.717) is 6.54 Å². The van der Waals surface area contributed by atoms with E-state index in [0.717, 1.165) is 22.7 Å². The largest absolute Gasteiger partial charge is 0.495 e. The van der Waals surface area contributed by atoms with Gasteiger partial charge in [0.05, 0.1) is 17.7 Å². The second-order valence-electron chi connectivity index (χ2n) is 10.6. The lowest BCUT2D eigenvalue weighted by molar-refractivity contribution is -0.140. The maximum absolute atomic E-state index is 15.1. The molecule has 4 aromatic carbocycles. The maximum atomic E-state index is 15.1. The molecule has 242 valence electrons. The maximum Gasteiger partial charge on any atom is 0.264 e. The SMILES string of the molecule is CCCCNC(=O)C(Cc1ccccc1)N(Cc1ccccc1F)C(=O)CN(c1cc(Cl)ccc1OC)S(=O)(=O)c1ccccc1. The Kier molecular flexibility index (Phi) is 12.2. The highest BCUT2D eigenvalue weighted by Gasteiger charge is 2.36. The van der Waals surface area contributed by atoms with Gasteiger partial charge in [0, 0.05) is 30.1 Å². The second kappa shape index (κ2) is 16.2. The van der Waals surface area contributed by atoms with Crippen molar-refractivity contribution in [2.45, 2.75) is 43.7 Å². The Morgan fingerprint density at radius 1 is 0.935 bits per heavy atom. The van der Waals surface area contributed by atoms with Crippen LogP contribution in [-0.2, 0) is 32.6 Å². The number of anilines is 1. The van der Waals surface area contributed by atoms with Crippen LogP contribution in [0.4, 0.5) is 10.1 Å². The Hall–Kier alpha value is -4.41. The lowest BCUT2D eigenvalue weighted by Crippen LogP contribution is -2.53. The van der Waals surface area contributed by atoms with Crippen molar-refractivity contribution in [3.05, 3.63) is 125 Å². The fourth-order valence-electron chi connectivity index (χ4n) is 4.96. The predicted octanol–water partition coefficient (Wildman–Crippen LogP) is 6.24. The molecule has 2 amide bonds. The number of carbonyl (C=O) groups is 2. The molecule has 0 aliphatic heterocycles. The fourth-order valence-corrected chi connectivity index (χ4v) is 6.57. The number of unbranched alkanes of at least 4 members (excludes halogenated alkanes) is 1. The van der Waals surface area contributed by atoms with Gasteiger partial charge in [-0.15, -0.1) is 0 Å². The average Bonchev–Trinajstić information content (AvgIpc) is 3.06. The van der Waals surface area contributed by atoms with Crippen molar-refractivity contribution in [3.63, 3.8) is 0 Å². The van der Waals surface area contributed by atoms with Crippen LogP contribution in [0.5, 0.6) is 5.75 Å². The van der Waals surface area contributed by atoms with Crippen LogP contribution in [0.25, 0.3) is 0 Å².